The number of ketones is 1. The minimum absolute atomic E-state index is 0.0918. The molecule has 0 saturated carbocycles. The Morgan fingerprint density at radius 1 is 1.33 bits per heavy atom. The molecule has 0 unspecified atom stereocenters. The van der Waals surface area contributed by atoms with Gasteiger partial charge in [-0.1, -0.05) is 0 Å². The molecule has 1 aromatic heterocycles. The van der Waals surface area contributed by atoms with Crippen LogP contribution in [0, 0.1) is 18.7 Å². The topological polar surface area (TPSA) is 49.3 Å². The summed E-state index contributed by atoms with van der Waals surface area (Å²) in [7, 11) is 3.70. The van der Waals surface area contributed by atoms with E-state index >= 15 is 0 Å². The summed E-state index contributed by atoms with van der Waals surface area (Å²) in [5, 5.41) is 0.903. The van der Waals surface area contributed by atoms with Crippen molar-refractivity contribution in [3.63, 3.8) is 0 Å². The van der Waals surface area contributed by atoms with Crippen molar-refractivity contribution < 1.29 is 9.18 Å². The van der Waals surface area contributed by atoms with Crippen molar-refractivity contribution in [3.05, 3.63) is 35.4 Å². The van der Waals surface area contributed by atoms with Gasteiger partial charge in [0.2, 0.25) is 5.13 Å². The smallest absolute Gasteiger partial charge is 0.205 e. The fourth-order valence-electron chi connectivity index (χ4n) is 2.95. The van der Waals surface area contributed by atoms with E-state index in [1.807, 2.05) is 25.9 Å². The summed E-state index contributed by atoms with van der Waals surface area (Å²) < 4.78 is 18.5. The van der Waals surface area contributed by atoms with Crippen molar-refractivity contribution in [2.45, 2.75) is 19.8 Å². The molecule has 5 nitrogen and oxygen atoms in total. The van der Waals surface area contributed by atoms with Gasteiger partial charge in [0.05, 0.1) is 5.56 Å². The molecule has 2 heterocycles. The largest absolute Gasteiger partial charge is 0.378 e. The van der Waals surface area contributed by atoms with Crippen molar-refractivity contribution in [2.75, 3.05) is 37.0 Å². The molecule has 1 aliphatic heterocycles. The van der Waals surface area contributed by atoms with Crippen LogP contribution in [-0.2, 0) is 0 Å². The molecule has 1 saturated heterocycles. The van der Waals surface area contributed by atoms with Crippen LogP contribution in [0.25, 0.3) is 0 Å². The number of hydrogen-bond donors (Lipinski definition) is 0. The predicted octanol–water partition coefficient (Wildman–Crippen LogP) is 3.15. The molecule has 0 aliphatic carbocycles. The molecule has 0 amide bonds. The van der Waals surface area contributed by atoms with E-state index in [9.17, 15) is 9.18 Å². The highest BCUT2D eigenvalue weighted by Gasteiger charge is 2.28. The van der Waals surface area contributed by atoms with Crippen LogP contribution < -0.4 is 9.80 Å². The number of halogens is 1. The van der Waals surface area contributed by atoms with Gasteiger partial charge in [0.1, 0.15) is 11.6 Å². The van der Waals surface area contributed by atoms with Gasteiger partial charge in [0.15, 0.2) is 5.78 Å². The van der Waals surface area contributed by atoms with Gasteiger partial charge in [0, 0.05) is 50.3 Å². The van der Waals surface area contributed by atoms with Crippen molar-refractivity contribution in [2.24, 2.45) is 5.92 Å². The van der Waals surface area contributed by atoms with Crippen molar-refractivity contribution >= 4 is 28.1 Å². The fourth-order valence-corrected chi connectivity index (χ4v) is 3.68. The molecule has 3 rings (SSSR count). The normalized spacial score (nSPS) is 15.6. The molecule has 7 heteroatoms. The maximum Gasteiger partial charge on any atom is 0.205 e. The van der Waals surface area contributed by atoms with E-state index in [-0.39, 0.29) is 17.3 Å². The number of carbonyl (C=O) groups is 1. The minimum atomic E-state index is -0.437. The Morgan fingerprint density at radius 2 is 2.04 bits per heavy atom. The first-order chi connectivity index (χ1) is 11.5. The highest BCUT2D eigenvalue weighted by Crippen LogP contribution is 2.28. The van der Waals surface area contributed by atoms with Gasteiger partial charge in [-0.15, -0.1) is 0 Å². The summed E-state index contributed by atoms with van der Waals surface area (Å²) in [6.07, 6.45) is 1.43. The summed E-state index contributed by atoms with van der Waals surface area (Å²) in [6.45, 7) is 3.38. The molecule has 1 fully saturated rings. The van der Waals surface area contributed by atoms with Crippen molar-refractivity contribution in [3.8, 4) is 0 Å². The number of benzene rings is 1. The average molecular weight is 348 g/mol. The number of rotatable bonds is 4. The Hall–Kier alpha value is -2.02. The van der Waals surface area contributed by atoms with Crippen molar-refractivity contribution in [1.82, 2.24) is 9.36 Å². The van der Waals surface area contributed by atoms with Gasteiger partial charge in [-0.3, -0.25) is 4.79 Å². The number of hydrogen-bond acceptors (Lipinski definition) is 6. The lowest BCUT2D eigenvalue weighted by Crippen LogP contribution is -2.36. The monoisotopic (exact) mass is 348 g/mol. The second-order valence-electron chi connectivity index (χ2n) is 6.31. The second-order valence-corrected chi connectivity index (χ2v) is 7.04. The summed E-state index contributed by atoms with van der Waals surface area (Å²) in [5.74, 6) is 0.116. The lowest BCUT2D eigenvalue weighted by Gasteiger charge is -2.30. The number of aromatic nitrogens is 2. The Balaban J connectivity index is 1.67. The molecule has 0 atom stereocenters. The number of piperidine rings is 1. The van der Waals surface area contributed by atoms with E-state index in [4.69, 9.17) is 0 Å². The van der Waals surface area contributed by atoms with Crippen LogP contribution in [0.5, 0.6) is 0 Å². The maximum absolute atomic E-state index is 14.3. The van der Waals surface area contributed by atoms with E-state index < -0.39 is 5.82 Å². The number of carbonyl (C=O) groups excluding carboxylic acids is 1. The number of anilines is 2. The zero-order valence-electron chi connectivity index (χ0n) is 14.1. The lowest BCUT2D eigenvalue weighted by molar-refractivity contribution is 0.0896. The quantitative estimate of drug-likeness (QED) is 0.795. The van der Waals surface area contributed by atoms with Gasteiger partial charge in [0.25, 0.3) is 0 Å². The third kappa shape index (κ3) is 3.40. The molecule has 0 bridgehead atoms. The second kappa shape index (κ2) is 6.84. The highest BCUT2D eigenvalue weighted by molar-refractivity contribution is 7.09. The van der Waals surface area contributed by atoms with Crippen LogP contribution in [0.2, 0.25) is 0 Å². The first-order valence-electron chi connectivity index (χ1n) is 8.02. The van der Waals surface area contributed by atoms with Gasteiger partial charge in [-0.2, -0.15) is 4.37 Å². The lowest BCUT2D eigenvalue weighted by atomic mass is 9.88. The van der Waals surface area contributed by atoms with E-state index in [1.165, 1.54) is 17.6 Å². The molecule has 24 heavy (non-hydrogen) atoms. The first kappa shape index (κ1) is 16.8. The van der Waals surface area contributed by atoms with Crippen LogP contribution in [-0.4, -0.2) is 42.3 Å². The fraction of sp³-hybridized carbons (Fsp3) is 0.471. The molecule has 1 aromatic carbocycles. The van der Waals surface area contributed by atoms with E-state index in [1.54, 1.807) is 12.1 Å². The molecule has 1 aliphatic rings. The molecular weight excluding hydrogens is 327 g/mol. The van der Waals surface area contributed by atoms with E-state index in [2.05, 4.69) is 14.3 Å². The number of aryl methyl sites for hydroxylation is 1. The number of nitrogens with zero attached hydrogens (tertiary/aromatic N) is 4. The Kier molecular flexibility index (Phi) is 4.80. The van der Waals surface area contributed by atoms with Gasteiger partial charge in [-0.05, 0) is 38.0 Å². The van der Waals surface area contributed by atoms with E-state index in [0.717, 1.165) is 29.7 Å². The van der Waals surface area contributed by atoms with Crippen LogP contribution in [0.15, 0.2) is 18.2 Å². The summed E-state index contributed by atoms with van der Waals surface area (Å²) in [5.41, 5.74) is 0.955. The Bertz CT molecular complexity index is 738. The molecule has 0 N–H and O–H groups in total. The molecular formula is C17H21FN4OS. The summed E-state index contributed by atoms with van der Waals surface area (Å²) in [4.78, 5) is 21.0. The van der Waals surface area contributed by atoms with Crippen LogP contribution in [0.3, 0.4) is 0 Å². The van der Waals surface area contributed by atoms with Gasteiger partial charge in [-0.25, -0.2) is 9.37 Å². The average Bonchev–Trinajstić information content (AvgIpc) is 3.00. The minimum Gasteiger partial charge on any atom is -0.378 e. The predicted molar refractivity (Wildman–Crippen MR) is 94.6 cm³/mol. The molecule has 0 spiro atoms. The number of Topliss-reactive ketones (excluding diaryl/α,β-unsaturated/α-hetero) is 1. The third-order valence-corrected chi connectivity index (χ3v) is 5.26. The SMILES string of the molecule is Cc1nsc(N2CCC(C(=O)c3ccc(N(C)C)cc3F)CC2)n1. The zero-order valence-corrected chi connectivity index (χ0v) is 14.9. The maximum atomic E-state index is 14.3. The van der Waals surface area contributed by atoms with Crippen LogP contribution in [0.4, 0.5) is 15.2 Å². The van der Waals surface area contributed by atoms with Crippen LogP contribution >= 0.6 is 11.5 Å². The standard InChI is InChI=1S/C17H21FN4OS/c1-11-19-17(24-20-11)22-8-6-12(7-9-22)16(23)14-5-4-13(21(2)3)10-15(14)18/h4-5,10,12H,6-9H2,1-3H3. The molecule has 0 radical (unpaired) electrons. The van der Waals surface area contributed by atoms with Crippen LogP contribution in [0.1, 0.15) is 29.0 Å². The van der Waals surface area contributed by atoms with E-state index in [0.29, 0.717) is 12.8 Å². The Labute approximate surface area is 145 Å². The summed E-state index contributed by atoms with van der Waals surface area (Å²) in [6, 6.07) is 4.81. The van der Waals surface area contributed by atoms with Gasteiger partial charge < -0.3 is 9.80 Å². The summed E-state index contributed by atoms with van der Waals surface area (Å²) >= 11 is 1.38. The van der Waals surface area contributed by atoms with Gasteiger partial charge >= 0.3 is 0 Å². The zero-order chi connectivity index (χ0) is 17.3. The molecule has 2 aromatic rings. The van der Waals surface area contributed by atoms with Crippen molar-refractivity contribution in [1.29, 1.82) is 0 Å². The molecule has 128 valence electrons. The highest BCUT2D eigenvalue weighted by atomic mass is 32.1. The Morgan fingerprint density at radius 3 is 2.58 bits per heavy atom. The first-order valence-corrected chi connectivity index (χ1v) is 8.79. The third-order valence-electron chi connectivity index (χ3n) is 4.39.